The number of nitrogens with zero attached hydrogens (tertiary/aromatic N) is 2. The Bertz CT molecular complexity index is 522. The van der Waals surface area contributed by atoms with E-state index in [9.17, 15) is 4.39 Å². The number of benzene rings is 1. The predicted octanol–water partition coefficient (Wildman–Crippen LogP) is 2.93. The van der Waals surface area contributed by atoms with Crippen molar-refractivity contribution >= 4 is 15.9 Å². The van der Waals surface area contributed by atoms with Crippen LogP contribution in [-0.2, 0) is 6.42 Å². The molecule has 2 rings (SSSR count). The number of rotatable bonds is 3. The normalized spacial score (nSPS) is 12.4. The minimum absolute atomic E-state index is 0.281. The number of nitrogens with two attached hydrogens (primary N) is 1. The van der Waals surface area contributed by atoms with Crippen LogP contribution in [0.3, 0.4) is 0 Å². The lowest BCUT2D eigenvalue weighted by atomic mass is 10.1. The Balaban J connectivity index is 2.15. The highest BCUT2D eigenvalue weighted by Crippen LogP contribution is 2.19. The van der Waals surface area contributed by atoms with Gasteiger partial charge in [0.25, 0.3) is 0 Å². The van der Waals surface area contributed by atoms with Gasteiger partial charge in [0, 0.05) is 16.9 Å². The van der Waals surface area contributed by atoms with Gasteiger partial charge < -0.3 is 5.73 Å². The van der Waals surface area contributed by atoms with Crippen LogP contribution < -0.4 is 5.73 Å². The Morgan fingerprint density at radius 1 is 1.28 bits per heavy atom. The molecular formula is C13H13BrFN3. The summed E-state index contributed by atoms with van der Waals surface area (Å²) < 4.78 is 13.9. The summed E-state index contributed by atoms with van der Waals surface area (Å²) in [4.78, 5) is 8.36. The van der Waals surface area contributed by atoms with Crippen molar-refractivity contribution in [3.05, 3.63) is 57.8 Å². The topological polar surface area (TPSA) is 51.8 Å². The highest BCUT2D eigenvalue weighted by atomic mass is 79.9. The molecule has 2 aromatic rings. The van der Waals surface area contributed by atoms with Crippen LogP contribution in [0, 0.1) is 12.7 Å². The van der Waals surface area contributed by atoms with E-state index in [1.54, 1.807) is 12.4 Å². The predicted molar refractivity (Wildman–Crippen MR) is 71.5 cm³/mol. The average molecular weight is 310 g/mol. The Hall–Kier alpha value is -1.33. The van der Waals surface area contributed by atoms with Crippen LogP contribution >= 0.6 is 15.9 Å². The van der Waals surface area contributed by atoms with Gasteiger partial charge in [-0.15, -0.1) is 0 Å². The van der Waals surface area contributed by atoms with E-state index in [4.69, 9.17) is 5.73 Å². The summed E-state index contributed by atoms with van der Waals surface area (Å²) in [6, 6.07) is 4.40. The summed E-state index contributed by atoms with van der Waals surface area (Å²) >= 11 is 3.26. The molecule has 1 atom stereocenters. The van der Waals surface area contributed by atoms with Gasteiger partial charge in [-0.1, -0.05) is 15.9 Å². The lowest BCUT2D eigenvalue weighted by Crippen LogP contribution is -2.16. The molecule has 0 aliphatic heterocycles. The fraction of sp³-hybridized carbons (Fsp3) is 0.231. The van der Waals surface area contributed by atoms with E-state index in [0.29, 0.717) is 16.7 Å². The maximum atomic E-state index is 13.2. The minimum atomic E-state index is -0.334. The third-order valence-corrected chi connectivity index (χ3v) is 2.97. The molecule has 5 heteroatoms. The zero-order valence-corrected chi connectivity index (χ0v) is 11.5. The van der Waals surface area contributed by atoms with Gasteiger partial charge in [-0.3, -0.25) is 0 Å². The van der Waals surface area contributed by atoms with Crippen molar-refractivity contribution in [2.24, 2.45) is 5.73 Å². The van der Waals surface area contributed by atoms with E-state index in [-0.39, 0.29) is 11.9 Å². The maximum absolute atomic E-state index is 13.2. The van der Waals surface area contributed by atoms with Gasteiger partial charge in [0.1, 0.15) is 11.6 Å². The number of halogens is 2. The average Bonchev–Trinajstić information content (AvgIpc) is 2.28. The first-order valence-corrected chi connectivity index (χ1v) is 6.33. The summed E-state index contributed by atoms with van der Waals surface area (Å²) in [6.07, 6.45) is 3.95. The molecular weight excluding hydrogens is 297 g/mol. The molecule has 1 heterocycles. The molecule has 0 saturated carbocycles. The highest BCUT2D eigenvalue weighted by Gasteiger charge is 2.11. The van der Waals surface area contributed by atoms with Crippen molar-refractivity contribution in [3.8, 4) is 0 Å². The molecule has 94 valence electrons. The first-order chi connectivity index (χ1) is 8.54. The van der Waals surface area contributed by atoms with Gasteiger partial charge in [-0.2, -0.15) is 0 Å². The number of aryl methyl sites for hydroxylation is 1. The van der Waals surface area contributed by atoms with Gasteiger partial charge in [-0.25, -0.2) is 14.4 Å². The monoisotopic (exact) mass is 309 g/mol. The smallest absolute Gasteiger partial charge is 0.145 e. The number of aromatic nitrogens is 2. The third-order valence-electron chi connectivity index (χ3n) is 2.51. The Morgan fingerprint density at radius 2 is 1.94 bits per heavy atom. The van der Waals surface area contributed by atoms with Gasteiger partial charge in [0.15, 0.2) is 0 Å². The van der Waals surface area contributed by atoms with Crippen LogP contribution in [0.1, 0.15) is 23.0 Å². The maximum Gasteiger partial charge on any atom is 0.145 e. The molecule has 0 radical (unpaired) electrons. The Morgan fingerprint density at radius 3 is 2.56 bits per heavy atom. The first kappa shape index (κ1) is 13.1. The molecule has 18 heavy (non-hydrogen) atoms. The summed E-state index contributed by atoms with van der Waals surface area (Å²) in [7, 11) is 0. The molecule has 1 aromatic heterocycles. The quantitative estimate of drug-likeness (QED) is 0.948. The fourth-order valence-corrected chi connectivity index (χ4v) is 2.18. The van der Waals surface area contributed by atoms with Crippen LogP contribution in [0.15, 0.2) is 35.1 Å². The van der Waals surface area contributed by atoms with Crippen molar-refractivity contribution in [2.45, 2.75) is 19.4 Å². The van der Waals surface area contributed by atoms with E-state index in [2.05, 4.69) is 25.9 Å². The van der Waals surface area contributed by atoms with E-state index < -0.39 is 0 Å². The first-order valence-electron chi connectivity index (χ1n) is 5.53. The van der Waals surface area contributed by atoms with Crippen LogP contribution in [0.5, 0.6) is 0 Å². The zero-order chi connectivity index (χ0) is 13.1. The van der Waals surface area contributed by atoms with E-state index in [1.165, 1.54) is 12.1 Å². The SMILES string of the molecule is Cc1cnc(C(N)Cc2cc(F)cc(Br)c2)nc1. The molecule has 0 saturated heterocycles. The second-order valence-electron chi connectivity index (χ2n) is 4.21. The zero-order valence-electron chi connectivity index (χ0n) is 9.90. The molecule has 0 bridgehead atoms. The molecule has 2 N–H and O–H groups in total. The molecule has 0 aliphatic carbocycles. The molecule has 3 nitrogen and oxygen atoms in total. The van der Waals surface area contributed by atoms with Crippen molar-refractivity contribution in [1.82, 2.24) is 9.97 Å². The number of hydrogen-bond donors (Lipinski definition) is 1. The van der Waals surface area contributed by atoms with Crippen LogP contribution in [-0.4, -0.2) is 9.97 Å². The molecule has 0 aliphatic rings. The molecule has 0 amide bonds. The van der Waals surface area contributed by atoms with E-state index in [0.717, 1.165) is 11.1 Å². The second kappa shape index (κ2) is 5.54. The minimum Gasteiger partial charge on any atom is -0.321 e. The van der Waals surface area contributed by atoms with Gasteiger partial charge >= 0.3 is 0 Å². The van der Waals surface area contributed by atoms with Gasteiger partial charge in [-0.05, 0) is 42.7 Å². The summed E-state index contributed by atoms with van der Waals surface area (Å²) in [5.74, 6) is 0.289. The van der Waals surface area contributed by atoms with Crippen LogP contribution in [0.2, 0.25) is 0 Å². The third kappa shape index (κ3) is 3.34. The molecule has 0 fully saturated rings. The fourth-order valence-electron chi connectivity index (χ4n) is 1.67. The van der Waals surface area contributed by atoms with Crippen LogP contribution in [0.25, 0.3) is 0 Å². The Kier molecular flexibility index (Phi) is 4.04. The van der Waals surface area contributed by atoms with Crippen molar-refractivity contribution in [2.75, 3.05) is 0 Å². The Labute approximate surface area is 113 Å². The standard InChI is InChI=1S/C13H13BrFN3/c1-8-6-17-13(18-7-8)12(16)4-9-2-10(14)5-11(15)3-9/h2-3,5-7,12H,4,16H2,1H3. The number of hydrogen-bond acceptors (Lipinski definition) is 3. The van der Waals surface area contributed by atoms with E-state index in [1.807, 2.05) is 13.0 Å². The molecule has 0 spiro atoms. The molecule has 1 aromatic carbocycles. The highest BCUT2D eigenvalue weighted by molar-refractivity contribution is 9.10. The van der Waals surface area contributed by atoms with Crippen LogP contribution in [0.4, 0.5) is 4.39 Å². The lowest BCUT2D eigenvalue weighted by Gasteiger charge is -2.10. The summed E-state index contributed by atoms with van der Waals surface area (Å²) in [6.45, 7) is 1.92. The summed E-state index contributed by atoms with van der Waals surface area (Å²) in [5, 5.41) is 0. The van der Waals surface area contributed by atoms with Crippen molar-refractivity contribution in [3.63, 3.8) is 0 Å². The summed E-state index contributed by atoms with van der Waals surface area (Å²) in [5.41, 5.74) is 7.82. The van der Waals surface area contributed by atoms with E-state index >= 15 is 0 Å². The van der Waals surface area contributed by atoms with Gasteiger partial charge in [0.2, 0.25) is 0 Å². The second-order valence-corrected chi connectivity index (χ2v) is 5.12. The largest absolute Gasteiger partial charge is 0.321 e. The lowest BCUT2D eigenvalue weighted by molar-refractivity contribution is 0.617. The molecule has 1 unspecified atom stereocenters. The van der Waals surface area contributed by atoms with Crippen molar-refractivity contribution in [1.29, 1.82) is 0 Å². The van der Waals surface area contributed by atoms with Crippen molar-refractivity contribution < 1.29 is 4.39 Å². The van der Waals surface area contributed by atoms with Gasteiger partial charge in [0.05, 0.1) is 6.04 Å².